The van der Waals surface area contributed by atoms with E-state index in [1.54, 1.807) is 0 Å². The lowest BCUT2D eigenvalue weighted by Crippen LogP contribution is -2.23. The Balaban J connectivity index is 0.000000396. The van der Waals surface area contributed by atoms with Gasteiger partial charge >= 0.3 is 0 Å². The summed E-state index contributed by atoms with van der Waals surface area (Å²) in [7, 11) is 1.00. The van der Waals surface area contributed by atoms with Crippen molar-refractivity contribution in [2.24, 2.45) is 0 Å². The van der Waals surface area contributed by atoms with Crippen molar-refractivity contribution in [2.45, 2.75) is 19.9 Å². The number of hydrogen-bond acceptors (Lipinski definition) is 2. The van der Waals surface area contributed by atoms with E-state index in [1.807, 2.05) is 0 Å². The van der Waals surface area contributed by atoms with E-state index in [4.69, 9.17) is 5.11 Å². The second kappa shape index (κ2) is 5.00. The number of fused-ring (bicyclic) bond motifs is 1. The number of aliphatic hydroxyl groups excluding tert-OH is 1. The van der Waals surface area contributed by atoms with Crippen LogP contribution in [0, 0.1) is 6.92 Å². The molecule has 2 rings (SSSR count). The van der Waals surface area contributed by atoms with Crippen LogP contribution in [0.15, 0.2) is 18.2 Å². The Morgan fingerprint density at radius 2 is 2.00 bits per heavy atom. The van der Waals surface area contributed by atoms with Crippen LogP contribution in [0.2, 0.25) is 0 Å². The van der Waals surface area contributed by atoms with Gasteiger partial charge in [-0.25, -0.2) is 0 Å². The van der Waals surface area contributed by atoms with E-state index >= 15 is 0 Å². The topological polar surface area (TPSA) is 32.3 Å². The van der Waals surface area contributed by atoms with Gasteiger partial charge in [0.25, 0.3) is 0 Å². The zero-order valence-corrected chi connectivity index (χ0v) is 8.30. The standard InChI is InChI=1S/C10H13N.CH4O/c1-8-2-3-10-7-11-5-4-9(10)6-8;1-2/h2-3,6,11H,4-5,7H2,1H3;2H,1H3. The summed E-state index contributed by atoms with van der Waals surface area (Å²) in [6, 6.07) is 6.72. The van der Waals surface area contributed by atoms with E-state index in [0.29, 0.717) is 0 Å². The second-order valence-electron chi connectivity index (χ2n) is 3.20. The summed E-state index contributed by atoms with van der Waals surface area (Å²) in [4.78, 5) is 0. The molecule has 0 unspecified atom stereocenters. The molecular formula is C11H17NO. The maximum absolute atomic E-state index is 7.00. The average molecular weight is 179 g/mol. The summed E-state index contributed by atoms with van der Waals surface area (Å²) in [6.07, 6.45) is 1.19. The largest absolute Gasteiger partial charge is 0.400 e. The molecule has 2 heteroatoms. The van der Waals surface area contributed by atoms with Crippen LogP contribution < -0.4 is 5.32 Å². The highest BCUT2D eigenvalue weighted by Crippen LogP contribution is 2.14. The van der Waals surface area contributed by atoms with Gasteiger partial charge in [-0.05, 0) is 31.0 Å². The van der Waals surface area contributed by atoms with Crippen molar-refractivity contribution in [1.29, 1.82) is 0 Å². The second-order valence-corrected chi connectivity index (χ2v) is 3.20. The Morgan fingerprint density at radius 1 is 1.23 bits per heavy atom. The lowest BCUT2D eigenvalue weighted by atomic mass is 9.99. The lowest BCUT2D eigenvalue weighted by molar-refractivity contribution is 0.399. The maximum Gasteiger partial charge on any atom is 0.0319 e. The summed E-state index contributed by atoms with van der Waals surface area (Å²) in [5.74, 6) is 0. The molecule has 1 heterocycles. The predicted molar refractivity (Wildman–Crippen MR) is 54.7 cm³/mol. The first-order valence-electron chi connectivity index (χ1n) is 4.60. The van der Waals surface area contributed by atoms with Gasteiger partial charge in [-0.2, -0.15) is 0 Å². The zero-order chi connectivity index (χ0) is 9.68. The van der Waals surface area contributed by atoms with E-state index in [1.165, 1.54) is 23.1 Å². The minimum atomic E-state index is 1.00. The Kier molecular flexibility index (Phi) is 3.93. The zero-order valence-electron chi connectivity index (χ0n) is 8.30. The number of aliphatic hydroxyl groups is 1. The SMILES string of the molecule is CO.Cc1ccc2c(c1)CCNC2. The molecule has 0 aliphatic carbocycles. The van der Waals surface area contributed by atoms with Crippen LogP contribution in [0.25, 0.3) is 0 Å². The minimum Gasteiger partial charge on any atom is -0.400 e. The van der Waals surface area contributed by atoms with Crippen molar-refractivity contribution in [3.63, 3.8) is 0 Å². The van der Waals surface area contributed by atoms with Gasteiger partial charge in [-0.15, -0.1) is 0 Å². The maximum atomic E-state index is 7.00. The molecule has 0 bridgehead atoms. The van der Waals surface area contributed by atoms with Crippen LogP contribution in [0.4, 0.5) is 0 Å². The molecule has 0 saturated carbocycles. The van der Waals surface area contributed by atoms with Gasteiger partial charge in [0.2, 0.25) is 0 Å². The number of aryl methyl sites for hydroxylation is 1. The number of hydrogen-bond donors (Lipinski definition) is 2. The van der Waals surface area contributed by atoms with Crippen LogP contribution in [0.3, 0.4) is 0 Å². The van der Waals surface area contributed by atoms with Gasteiger partial charge in [0.1, 0.15) is 0 Å². The molecule has 0 spiro atoms. The normalized spacial score (nSPS) is 14.1. The van der Waals surface area contributed by atoms with Crippen LogP contribution >= 0.6 is 0 Å². The molecular weight excluding hydrogens is 162 g/mol. The number of rotatable bonds is 0. The molecule has 72 valence electrons. The molecule has 0 fully saturated rings. The van der Waals surface area contributed by atoms with Gasteiger partial charge in [0.05, 0.1) is 0 Å². The van der Waals surface area contributed by atoms with E-state index in [-0.39, 0.29) is 0 Å². The van der Waals surface area contributed by atoms with Gasteiger partial charge in [-0.3, -0.25) is 0 Å². The van der Waals surface area contributed by atoms with Crippen molar-refractivity contribution in [3.05, 3.63) is 34.9 Å². The van der Waals surface area contributed by atoms with Crippen molar-refractivity contribution < 1.29 is 5.11 Å². The Bertz CT molecular complexity index is 271. The molecule has 0 amide bonds. The van der Waals surface area contributed by atoms with Gasteiger partial charge in [0, 0.05) is 13.7 Å². The molecule has 1 aliphatic heterocycles. The summed E-state index contributed by atoms with van der Waals surface area (Å²) < 4.78 is 0. The van der Waals surface area contributed by atoms with E-state index in [9.17, 15) is 0 Å². The first-order valence-corrected chi connectivity index (χ1v) is 4.60. The van der Waals surface area contributed by atoms with Crippen molar-refractivity contribution in [1.82, 2.24) is 5.32 Å². The molecule has 1 aromatic rings. The Hall–Kier alpha value is -0.860. The van der Waals surface area contributed by atoms with Crippen molar-refractivity contribution in [3.8, 4) is 0 Å². The highest BCUT2D eigenvalue weighted by atomic mass is 16.2. The summed E-state index contributed by atoms with van der Waals surface area (Å²) in [5.41, 5.74) is 4.39. The van der Waals surface area contributed by atoms with E-state index in [0.717, 1.165) is 20.2 Å². The predicted octanol–water partition coefficient (Wildman–Crippen LogP) is 1.25. The summed E-state index contributed by atoms with van der Waals surface area (Å²) in [6.45, 7) is 4.34. The molecule has 1 aromatic carbocycles. The first-order chi connectivity index (χ1) is 6.36. The number of benzene rings is 1. The van der Waals surface area contributed by atoms with E-state index < -0.39 is 0 Å². The fourth-order valence-corrected chi connectivity index (χ4v) is 1.61. The van der Waals surface area contributed by atoms with Gasteiger partial charge in [0.15, 0.2) is 0 Å². The van der Waals surface area contributed by atoms with Crippen LogP contribution in [0.5, 0.6) is 0 Å². The van der Waals surface area contributed by atoms with Crippen LogP contribution in [-0.4, -0.2) is 18.8 Å². The van der Waals surface area contributed by atoms with Crippen molar-refractivity contribution in [2.75, 3.05) is 13.7 Å². The van der Waals surface area contributed by atoms with Gasteiger partial charge in [-0.1, -0.05) is 23.8 Å². The molecule has 0 saturated heterocycles. The number of nitrogens with one attached hydrogen (secondary N) is 1. The highest BCUT2D eigenvalue weighted by Gasteiger charge is 2.06. The molecule has 0 aromatic heterocycles. The summed E-state index contributed by atoms with van der Waals surface area (Å²) in [5, 5.41) is 10.4. The smallest absolute Gasteiger partial charge is 0.0319 e. The molecule has 2 nitrogen and oxygen atoms in total. The van der Waals surface area contributed by atoms with Gasteiger partial charge < -0.3 is 10.4 Å². The van der Waals surface area contributed by atoms with Crippen molar-refractivity contribution >= 4 is 0 Å². The third kappa shape index (κ3) is 2.54. The first kappa shape index (κ1) is 10.2. The fourth-order valence-electron chi connectivity index (χ4n) is 1.61. The van der Waals surface area contributed by atoms with Crippen LogP contribution in [-0.2, 0) is 13.0 Å². The molecule has 0 atom stereocenters. The minimum absolute atomic E-state index is 1.00. The molecule has 2 N–H and O–H groups in total. The highest BCUT2D eigenvalue weighted by molar-refractivity contribution is 5.32. The molecule has 1 aliphatic rings. The third-order valence-electron chi connectivity index (χ3n) is 2.25. The third-order valence-corrected chi connectivity index (χ3v) is 2.25. The lowest BCUT2D eigenvalue weighted by Gasteiger charge is -2.16. The molecule has 0 radical (unpaired) electrons. The fraction of sp³-hybridized carbons (Fsp3) is 0.455. The van der Waals surface area contributed by atoms with E-state index in [2.05, 4.69) is 30.4 Å². The Morgan fingerprint density at radius 3 is 2.77 bits per heavy atom. The average Bonchev–Trinajstić information content (AvgIpc) is 2.21. The van der Waals surface area contributed by atoms with Crippen LogP contribution in [0.1, 0.15) is 16.7 Å². The monoisotopic (exact) mass is 179 g/mol. The summed E-state index contributed by atoms with van der Waals surface area (Å²) >= 11 is 0. The molecule has 13 heavy (non-hydrogen) atoms. The quantitative estimate of drug-likeness (QED) is 0.628. The Labute approximate surface area is 79.6 Å².